The van der Waals surface area contributed by atoms with Gasteiger partial charge in [-0.05, 0) is 36.2 Å². The summed E-state index contributed by atoms with van der Waals surface area (Å²) < 4.78 is 38.2. The van der Waals surface area contributed by atoms with E-state index in [9.17, 15) is 13.2 Å². The molecule has 2 aromatic carbocycles. The molecule has 0 amide bonds. The summed E-state index contributed by atoms with van der Waals surface area (Å²) in [6.45, 7) is 3.02. The number of nitrogens with zero attached hydrogens (tertiary/aromatic N) is 3. The first-order valence-corrected chi connectivity index (χ1v) is 10.7. The van der Waals surface area contributed by atoms with Crippen molar-refractivity contribution in [3.05, 3.63) is 65.5 Å². The third-order valence-electron chi connectivity index (χ3n) is 5.62. The fourth-order valence-corrected chi connectivity index (χ4v) is 3.96. The second-order valence-electron chi connectivity index (χ2n) is 8.01. The third-order valence-corrected chi connectivity index (χ3v) is 5.62. The highest BCUT2D eigenvalue weighted by molar-refractivity contribution is 5.80. The molecule has 0 saturated carbocycles. The molecule has 32 heavy (non-hydrogen) atoms. The number of aromatic amines is 1. The van der Waals surface area contributed by atoms with Crippen molar-refractivity contribution < 1.29 is 13.2 Å². The lowest BCUT2D eigenvalue weighted by Crippen LogP contribution is -2.45. The van der Waals surface area contributed by atoms with Gasteiger partial charge in [-0.3, -0.25) is 9.89 Å². The van der Waals surface area contributed by atoms with Gasteiger partial charge in [0.2, 0.25) is 0 Å². The molecule has 4 rings (SSSR count). The van der Waals surface area contributed by atoms with Crippen molar-refractivity contribution in [2.24, 2.45) is 4.99 Å². The van der Waals surface area contributed by atoms with E-state index < -0.39 is 11.7 Å². The van der Waals surface area contributed by atoms with Gasteiger partial charge in [0.25, 0.3) is 0 Å². The van der Waals surface area contributed by atoms with Crippen molar-refractivity contribution >= 4 is 17.0 Å². The van der Waals surface area contributed by atoms with Crippen LogP contribution in [0.15, 0.2) is 53.5 Å². The van der Waals surface area contributed by atoms with E-state index in [-0.39, 0.29) is 6.04 Å². The number of rotatable bonds is 6. The maximum atomic E-state index is 12.7. The Morgan fingerprint density at radius 3 is 2.69 bits per heavy atom. The number of benzene rings is 2. The summed E-state index contributed by atoms with van der Waals surface area (Å²) in [5.74, 6) is 1.67. The van der Waals surface area contributed by atoms with Gasteiger partial charge in [-0.2, -0.15) is 13.2 Å². The van der Waals surface area contributed by atoms with E-state index in [0.717, 1.165) is 66.4 Å². The zero-order chi connectivity index (χ0) is 22.6. The Balaban J connectivity index is 1.22. The summed E-state index contributed by atoms with van der Waals surface area (Å²) in [5.41, 5.74) is 2.26. The number of fused-ring (bicyclic) bond motifs is 1. The number of hydrogen-bond donors (Lipinski definition) is 3. The zero-order valence-corrected chi connectivity index (χ0v) is 17.9. The first-order chi connectivity index (χ1) is 15.4. The van der Waals surface area contributed by atoms with Crippen molar-refractivity contribution in [3.63, 3.8) is 0 Å². The number of halogens is 3. The number of aromatic nitrogens is 2. The largest absolute Gasteiger partial charge is 0.416 e. The van der Waals surface area contributed by atoms with Crippen molar-refractivity contribution in [1.82, 2.24) is 25.5 Å². The number of imidazole rings is 1. The summed E-state index contributed by atoms with van der Waals surface area (Å²) in [7, 11) is 1.74. The number of hydrogen-bond acceptors (Lipinski definition) is 3. The van der Waals surface area contributed by atoms with Gasteiger partial charge < -0.3 is 15.6 Å². The molecule has 0 aliphatic carbocycles. The average molecular weight is 445 g/mol. The molecule has 1 atom stereocenters. The van der Waals surface area contributed by atoms with Crippen LogP contribution in [0.5, 0.6) is 0 Å². The molecule has 6 nitrogen and oxygen atoms in total. The fourth-order valence-electron chi connectivity index (χ4n) is 3.96. The molecule has 1 aliphatic rings. The van der Waals surface area contributed by atoms with E-state index in [1.54, 1.807) is 19.2 Å². The van der Waals surface area contributed by atoms with Crippen LogP contribution in [-0.2, 0) is 19.1 Å². The Kier molecular flexibility index (Phi) is 6.64. The molecule has 2 heterocycles. The highest BCUT2D eigenvalue weighted by Gasteiger charge is 2.30. The highest BCUT2D eigenvalue weighted by atomic mass is 19.4. The lowest BCUT2D eigenvalue weighted by atomic mass is 10.1. The monoisotopic (exact) mass is 444 g/mol. The Morgan fingerprint density at radius 1 is 1.19 bits per heavy atom. The van der Waals surface area contributed by atoms with Gasteiger partial charge in [-0.15, -0.1) is 0 Å². The summed E-state index contributed by atoms with van der Waals surface area (Å²) in [4.78, 5) is 14.4. The van der Waals surface area contributed by atoms with E-state index in [1.165, 1.54) is 0 Å². The second-order valence-corrected chi connectivity index (χ2v) is 8.01. The molecule has 3 aromatic rings. The third kappa shape index (κ3) is 5.59. The second kappa shape index (κ2) is 9.60. The number of nitrogens with one attached hydrogen (secondary N) is 3. The molecule has 170 valence electrons. The maximum Gasteiger partial charge on any atom is 0.416 e. The maximum absolute atomic E-state index is 12.7. The Hall–Kier alpha value is -3.07. The number of para-hydroxylation sites is 2. The molecule has 1 unspecified atom stereocenters. The summed E-state index contributed by atoms with van der Waals surface area (Å²) in [5, 5.41) is 6.77. The standard InChI is InChI=1S/C23H27F3N6/c1-27-22(28-12-10-21-30-19-4-2-3-5-20(19)31-21)29-18-11-13-32(15-18)14-16-6-8-17(9-7-16)23(24,25)26/h2-9,18H,10-15H2,1H3,(H,30,31)(H2,27,28,29). The van der Waals surface area contributed by atoms with Crippen LogP contribution in [0.2, 0.25) is 0 Å². The topological polar surface area (TPSA) is 68.3 Å². The minimum absolute atomic E-state index is 0.238. The van der Waals surface area contributed by atoms with E-state index in [2.05, 4.69) is 30.5 Å². The molecule has 9 heteroatoms. The molecule has 0 radical (unpaired) electrons. The van der Waals surface area contributed by atoms with Crippen LogP contribution in [0.25, 0.3) is 11.0 Å². The average Bonchev–Trinajstić information content (AvgIpc) is 3.39. The predicted octanol–water partition coefficient (Wildman–Crippen LogP) is 3.56. The van der Waals surface area contributed by atoms with Gasteiger partial charge in [0.1, 0.15) is 5.82 Å². The molecular formula is C23H27F3N6. The lowest BCUT2D eigenvalue weighted by molar-refractivity contribution is -0.137. The zero-order valence-electron chi connectivity index (χ0n) is 17.9. The summed E-state index contributed by atoms with van der Waals surface area (Å²) in [6.07, 6.45) is -2.60. The molecule has 1 aromatic heterocycles. The van der Waals surface area contributed by atoms with Crippen molar-refractivity contribution in [1.29, 1.82) is 0 Å². The molecule has 1 saturated heterocycles. The number of likely N-dealkylation sites (tertiary alicyclic amines) is 1. The Labute approximate surface area is 184 Å². The normalized spacial score (nSPS) is 17.8. The van der Waals surface area contributed by atoms with Crippen LogP contribution in [0, 0.1) is 0 Å². The number of guanidine groups is 1. The van der Waals surface area contributed by atoms with Gasteiger partial charge in [-0.25, -0.2) is 4.98 Å². The number of aliphatic imine (C=N–C) groups is 1. The quantitative estimate of drug-likeness (QED) is 0.402. The first kappa shape index (κ1) is 22.1. The van der Waals surface area contributed by atoms with Crippen molar-refractivity contribution in [3.8, 4) is 0 Å². The number of H-pyrrole nitrogens is 1. The van der Waals surface area contributed by atoms with Crippen LogP contribution in [0.4, 0.5) is 13.2 Å². The molecule has 1 aliphatic heterocycles. The van der Waals surface area contributed by atoms with Crippen LogP contribution >= 0.6 is 0 Å². The van der Waals surface area contributed by atoms with Crippen LogP contribution < -0.4 is 10.6 Å². The van der Waals surface area contributed by atoms with Gasteiger partial charge >= 0.3 is 6.18 Å². The van der Waals surface area contributed by atoms with Gasteiger partial charge in [0, 0.05) is 45.7 Å². The minimum Gasteiger partial charge on any atom is -0.356 e. The van der Waals surface area contributed by atoms with Crippen LogP contribution in [0.3, 0.4) is 0 Å². The molecule has 1 fully saturated rings. The molecule has 0 spiro atoms. The summed E-state index contributed by atoms with van der Waals surface area (Å²) >= 11 is 0. The first-order valence-electron chi connectivity index (χ1n) is 10.7. The SMILES string of the molecule is CN=C(NCCc1nc2ccccc2[nH]1)NC1CCN(Cc2ccc(C(F)(F)F)cc2)C1. The fraction of sp³-hybridized carbons (Fsp3) is 0.391. The summed E-state index contributed by atoms with van der Waals surface area (Å²) in [6, 6.07) is 13.6. The van der Waals surface area contributed by atoms with Crippen molar-refractivity contribution in [2.75, 3.05) is 26.7 Å². The van der Waals surface area contributed by atoms with Crippen LogP contribution in [-0.4, -0.2) is 53.6 Å². The molecule has 0 bridgehead atoms. The van der Waals surface area contributed by atoms with Gasteiger partial charge in [0.15, 0.2) is 5.96 Å². The van der Waals surface area contributed by atoms with Gasteiger partial charge in [0.05, 0.1) is 16.6 Å². The predicted molar refractivity (Wildman–Crippen MR) is 119 cm³/mol. The smallest absolute Gasteiger partial charge is 0.356 e. The van der Waals surface area contributed by atoms with E-state index >= 15 is 0 Å². The highest BCUT2D eigenvalue weighted by Crippen LogP contribution is 2.29. The molecule has 3 N–H and O–H groups in total. The Bertz CT molecular complexity index is 1020. The van der Waals surface area contributed by atoms with E-state index in [0.29, 0.717) is 13.1 Å². The van der Waals surface area contributed by atoms with Crippen LogP contribution in [0.1, 0.15) is 23.4 Å². The molecular weight excluding hydrogens is 417 g/mol. The van der Waals surface area contributed by atoms with E-state index in [4.69, 9.17) is 0 Å². The van der Waals surface area contributed by atoms with E-state index in [1.807, 2.05) is 24.3 Å². The van der Waals surface area contributed by atoms with Crippen molar-refractivity contribution in [2.45, 2.75) is 31.6 Å². The lowest BCUT2D eigenvalue weighted by Gasteiger charge is -2.19. The number of alkyl halides is 3. The van der Waals surface area contributed by atoms with Gasteiger partial charge in [-0.1, -0.05) is 24.3 Å². The Morgan fingerprint density at radius 2 is 1.97 bits per heavy atom. The minimum atomic E-state index is -4.30.